The first-order chi connectivity index (χ1) is 11.4. The third kappa shape index (κ3) is 3.58. The summed E-state index contributed by atoms with van der Waals surface area (Å²) in [5, 5.41) is 3.49. The Labute approximate surface area is 137 Å². The zero-order chi connectivity index (χ0) is 15.5. The summed E-state index contributed by atoms with van der Waals surface area (Å²) < 4.78 is 11.4. The van der Waals surface area contributed by atoms with Gasteiger partial charge < -0.3 is 19.7 Å². The van der Waals surface area contributed by atoms with Crippen LogP contribution in [-0.4, -0.2) is 55.0 Å². The van der Waals surface area contributed by atoms with Gasteiger partial charge in [0.25, 0.3) is 0 Å². The van der Waals surface area contributed by atoms with Crippen LogP contribution in [0.1, 0.15) is 32.1 Å². The van der Waals surface area contributed by atoms with Crippen molar-refractivity contribution in [3.8, 4) is 0 Å². The zero-order valence-electron chi connectivity index (χ0n) is 13.6. The van der Waals surface area contributed by atoms with Crippen molar-refractivity contribution in [2.45, 2.75) is 44.2 Å². The van der Waals surface area contributed by atoms with Gasteiger partial charge in [-0.2, -0.15) is 4.98 Å². The maximum absolute atomic E-state index is 5.90. The normalized spacial score (nSPS) is 31.5. The van der Waals surface area contributed by atoms with Crippen molar-refractivity contribution < 1.29 is 9.47 Å². The van der Waals surface area contributed by atoms with Crippen molar-refractivity contribution in [2.75, 3.05) is 43.1 Å². The Kier molecular flexibility index (Phi) is 4.62. The number of fused-ring (bicyclic) bond motifs is 1. The number of hydrogen-bond acceptors (Lipinski definition) is 6. The van der Waals surface area contributed by atoms with E-state index in [2.05, 4.69) is 15.2 Å². The molecule has 0 aliphatic carbocycles. The molecule has 4 heterocycles. The first-order valence-corrected chi connectivity index (χ1v) is 8.92. The largest absolute Gasteiger partial charge is 0.379 e. The average molecular weight is 318 g/mol. The highest BCUT2D eigenvalue weighted by Gasteiger charge is 2.33. The smallest absolute Gasteiger partial charge is 0.227 e. The summed E-state index contributed by atoms with van der Waals surface area (Å²) in [6, 6.07) is 2.32. The number of aromatic nitrogens is 2. The molecule has 126 valence electrons. The predicted octanol–water partition coefficient (Wildman–Crippen LogP) is 2.07. The van der Waals surface area contributed by atoms with Crippen LogP contribution in [-0.2, 0) is 9.47 Å². The fraction of sp³-hybridized carbons (Fsp3) is 0.765. The molecule has 23 heavy (non-hydrogen) atoms. The number of hydrogen-bond donors (Lipinski definition) is 1. The minimum Gasteiger partial charge on any atom is -0.379 e. The van der Waals surface area contributed by atoms with Crippen LogP contribution in [0.2, 0.25) is 0 Å². The molecule has 3 fully saturated rings. The standard InChI is InChI=1S/C17H26N4O2/c1-3-13-11-21(8-6-15(13)23-10-1)17-18-7-5-16(20-17)19-14-4-2-9-22-12-14/h5,7,13-15H,1-4,6,8-12H2,(H,18,19,20). The molecule has 1 N–H and O–H groups in total. The second-order valence-corrected chi connectivity index (χ2v) is 6.85. The van der Waals surface area contributed by atoms with E-state index >= 15 is 0 Å². The molecule has 0 aromatic carbocycles. The summed E-state index contributed by atoms with van der Waals surface area (Å²) in [5.74, 6) is 2.38. The van der Waals surface area contributed by atoms with Crippen molar-refractivity contribution in [3.63, 3.8) is 0 Å². The van der Waals surface area contributed by atoms with Gasteiger partial charge in [-0.25, -0.2) is 4.98 Å². The van der Waals surface area contributed by atoms with Crippen molar-refractivity contribution in [1.29, 1.82) is 0 Å². The van der Waals surface area contributed by atoms with Crippen LogP contribution < -0.4 is 10.2 Å². The lowest BCUT2D eigenvalue weighted by atomic mass is 9.89. The summed E-state index contributed by atoms with van der Waals surface area (Å²) >= 11 is 0. The van der Waals surface area contributed by atoms with Crippen molar-refractivity contribution in [3.05, 3.63) is 12.3 Å². The predicted molar refractivity (Wildman–Crippen MR) is 88.8 cm³/mol. The van der Waals surface area contributed by atoms with E-state index < -0.39 is 0 Å². The number of nitrogens with one attached hydrogen (secondary N) is 1. The SMILES string of the molecule is c1cc(NC2CCCOC2)nc(N2CCC3OCCCC3C2)n1. The monoisotopic (exact) mass is 318 g/mol. The van der Waals surface area contributed by atoms with Crippen LogP contribution in [0.3, 0.4) is 0 Å². The van der Waals surface area contributed by atoms with Gasteiger partial charge in [-0.1, -0.05) is 0 Å². The van der Waals surface area contributed by atoms with Gasteiger partial charge in [0.05, 0.1) is 18.8 Å². The van der Waals surface area contributed by atoms with E-state index in [1.54, 1.807) is 0 Å². The Bertz CT molecular complexity index is 521. The van der Waals surface area contributed by atoms with E-state index in [4.69, 9.17) is 14.5 Å². The lowest BCUT2D eigenvalue weighted by molar-refractivity contribution is -0.0359. The molecule has 0 amide bonds. The first kappa shape index (κ1) is 15.1. The molecule has 6 nitrogen and oxygen atoms in total. The quantitative estimate of drug-likeness (QED) is 0.921. The van der Waals surface area contributed by atoms with Gasteiger partial charge in [0.15, 0.2) is 0 Å². The molecule has 3 aliphatic rings. The minimum absolute atomic E-state index is 0.365. The van der Waals surface area contributed by atoms with Crippen molar-refractivity contribution in [2.24, 2.45) is 5.92 Å². The number of nitrogens with zero attached hydrogens (tertiary/aromatic N) is 3. The lowest BCUT2D eigenvalue weighted by Crippen LogP contribution is -2.47. The second kappa shape index (κ2) is 7.01. The third-order valence-electron chi connectivity index (χ3n) is 5.15. The fourth-order valence-corrected chi connectivity index (χ4v) is 3.91. The molecule has 1 aromatic rings. The fourth-order valence-electron chi connectivity index (χ4n) is 3.91. The number of ether oxygens (including phenoxy) is 2. The van der Waals surface area contributed by atoms with Crippen molar-refractivity contribution >= 4 is 11.8 Å². The van der Waals surface area contributed by atoms with E-state index in [1.165, 1.54) is 12.8 Å². The molecule has 3 unspecified atom stereocenters. The molecule has 3 aliphatic heterocycles. The van der Waals surface area contributed by atoms with Crippen LogP contribution in [0.5, 0.6) is 0 Å². The topological polar surface area (TPSA) is 59.5 Å². The maximum atomic E-state index is 5.90. The second-order valence-electron chi connectivity index (χ2n) is 6.85. The molecular formula is C17H26N4O2. The van der Waals surface area contributed by atoms with Gasteiger partial charge in [0.2, 0.25) is 5.95 Å². The Morgan fingerprint density at radius 1 is 1.17 bits per heavy atom. The van der Waals surface area contributed by atoms with E-state index in [1.807, 2.05) is 12.3 Å². The Morgan fingerprint density at radius 3 is 3.04 bits per heavy atom. The number of rotatable bonds is 3. The molecule has 4 rings (SSSR count). The van der Waals surface area contributed by atoms with Gasteiger partial charge in [-0.05, 0) is 38.2 Å². The molecule has 6 heteroatoms. The highest BCUT2D eigenvalue weighted by Crippen LogP contribution is 2.30. The molecule has 0 radical (unpaired) electrons. The summed E-state index contributed by atoms with van der Waals surface area (Å²) in [7, 11) is 0. The first-order valence-electron chi connectivity index (χ1n) is 8.92. The summed E-state index contributed by atoms with van der Waals surface area (Å²) in [6.45, 7) is 4.58. The molecule has 0 bridgehead atoms. The van der Waals surface area contributed by atoms with Crippen LogP contribution in [0.15, 0.2) is 12.3 Å². The van der Waals surface area contributed by atoms with Gasteiger partial charge in [0.1, 0.15) is 5.82 Å². The average Bonchev–Trinajstić information content (AvgIpc) is 2.62. The highest BCUT2D eigenvalue weighted by atomic mass is 16.5. The number of piperidine rings is 1. The lowest BCUT2D eigenvalue weighted by Gasteiger charge is -2.41. The van der Waals surface area contributed by atoms with Gasteiger partial charge in [-0.3, -0.25) is 0 Å². The van der Waals surface area contributed by atoms with Crippen LogP contribution in [0.25, 0.3) is 0 Å². The van der Waals surface area contributed by atoms with Gasteiger partial charge >= 0.3 is 0 Å². The van der Waals surface area contributed by atoms with Gasteiger partial charge in [0, 0.05) is 38.4 Å². The Morgan fingerprint density at radius 2 is 2.13 bits per heavy atom. The number of anilines is 2. The third-order valence-corrected chi connectivity index (χ3v) is 5.15. The van der Waals surface area contributed by atoms with Crippen molar-refractivity contribution in [1.82, 2.24) is 9.97 Å². The molecule has 3 atom stereocenters. The Hall–Kier alpha value is -1.40. The summed E-state index contributed by atoms with van der Waals surface area (Å²) in [5.41, 5.74) is 0. The molecule has 0 saturated carbocycles. The summed E-state index contributed by atoms with van der Waals surface area (Å²) in [4.78, 5) is 11.5. The minimum atomic E-state index is 0.365. The van der Waals surface area contributed by atoms with E-state index in [-0.39, 0.29) is 0 Å². The van der Waals surface area contributed by atoms with Crippen LogP contribution in [0.4, 0.5) is 11.8 Å². The zero-order valence-corrected chi connectivity index (χ0v) is 13.6. The van der Waals surface area contributed by atoms with E-state index in [0.717, 1.165) is 63.9 Å². The van der Waals surface area contributed by atoms with Crippen LogP contribution in [0, 0.1) is 5.92 Å². The molecular weight excluding hydrogens is 292 g/mol. The Balaban J connectivity index is 1.41. The van der Waals surface area contributed by atoms with Gasteiger partial charge in [-0.15, -0.1) is 0 Å². The highest BCUT2D eigenvalue weighted by molar-refractivity contribution is 5.42. The van der Waals surface area contributed by atoms with Crippen LogP contribution >= 0.6 is 0 Å². The van der Waals surface area contributed by atoms with E-state index in [0.29, 0.717) is 18.1 Å². The van der Waals surface area contributed by atoms with E-state index in [9.17, 15) is 0 Å². The summed E-state index contributed by atoms with van der Waals surface area (Å²) in [6.07, 6.45) is 8.09. The molecule has 3 saturated heterocycles. The molecule has 0 spiro atoms. The molecule has 1 aromatic heterocycles. The maximum Gasteiger partial charge on any atom is 0.227 e.